The first-order valence-corrected chi connectivity index (χ1v) is 10.7. The number of hydrogen-bond acceptors (Lipinski definition) is 3. The van der Waals surface area contributed by atoms with Crippen LogP contribution in [0.5, 0.6) is 0 Å². The molecule has 0 radical (unpaired) electrons. The van der Waals surface area contributed by atoms with Crippen molar-refractivity contribution in [1.29, 1.82) is 0 Å². The van der Waals surface area contributed by atoms with Gasteiger partial charge in [-0.3, -0.25) is 14.4 Å². The van der Waals surface area contributed by atoms with E-state index in [2.05, 4.69) is 29.3 Å². The molecular formula is C23H31N3O3. The van der Waals surface area contributed by atoms with Crippen molar-refractivity contribution < 1.29 is 14.4 Å². The highest BCUT2D eigenvalue weighted by Crippen LogP contribution is 2.56. The molecule has 1 aromatic carbocycles. The summed E-state index contributed by atoms with van der Waals surface area (Å²) in [5, 5.41) is 2.68. The van der Waals surface area contributed by atoms with Gasteiger partial charge in [-0.25, -0.2) is 0 Å². The summed E-state index contributed by atoms with van der Waals surface area (Å²) in [6, 6.07) is 10.5. The molecule has 6 heteroatoms. The number of rotatable bonds is 4. The highest BCUT2D eigenvalue weighted by atomic mass is 16.2. The Hall–Kier alpha value is -2.37. The monoisotopic (exact) mass is 397 g/mol. The van der Waals surface area contributed by atoms with Gasteiger partial charge < -0.3 is 15.1 Å². The minimum Gasteiger partial charge on any atom is -0.347 e. The van der Waals surface area contributed by atoms with Crippen LogP contribution in [0.1, 0.15) is 52.0 Å². The van der Waals surface area contributed by atoms with Crippen LogP contribution in [0, 0.1) is 5.41 Å². The molecule has 3 aliphatic rings. The maximum Gasteiger partial charge on any atom is 0.242 e. The van der Waals surface area contributed by atoms with Crippen LogP contribution >= 0.6 is 0 Å². The van der Waals surface area contributed by atoms with Gasteiger partial charge in [0.15, 0.2) is 0 Å². The lowest BCUT2D eigenvalue weighted by Crippen LogP contribution is -2.62. The van der Waals surface area contributed by atoms with Gasteiger partial charge in [-0.15, -0.1) is 0 Å². The number of piperidine rings is 1. The van der Waals surface area contributed by atoms with Gasteiger partial charge in [0.1, 0.15) is 0 Å². The molecule has 3 fully saturated rings. The molecule has 5 atom stereocenters. The Kier molecular flexibility index (Phi) is 5.13. The van der Waals surface area contributed by atoms with Crippen LogP contribution in [-0.4, -0.2) is 58.2 Å². The Morgan fingerprint density at radius 2 is 1.72 bits per heavy atom. The Morgan fingerprint density at radius 1 is 1.07 bits per heavy atom. The lowest BCUT2D eigenvalue weighted by atomic mass is 9.64. The molecule has 4 rings (SSSR count). The van der Waals surface area contributed by atoms with Crippen LogP contribution in [-0.2, 0) is 20.8 Å². The van der Waals surface area contributed by atoms with Crippen molar-refractivity contribution in [2.45, 2.75) is 77.0 Å². The molecule has 0 spiro atoms. The highest BCUT2D eigenvalue weighted by molar-refractivity contribution is 5.85. The number of likely N-dealkylation sites (tertiary alicyclic amines) is 2. The highest BCUT2D eigenvalue weighted by Gasteiger charge is 2.64. The normalized spacial score (nSPS) is 32.8. The van der Waals surface area contributed by atoms with Crippen molar-refractivity contribution in [3.8, 4) is 0 Å². The van der Waals surface area contributed by atoms with Crippen LogP contribution in [0.3, 0.4) is 0 Å². The van der Waals surface area contributed by atoms with E-state index in [1.54, 1.807) is 6.92 Å². The average Bonchev–Trinajstić information content (AvgIpc) is 2.99. The smallest absolute Gasteiger partial charge is 0.242 e. The summed E-state index contributed by atoms with van der Waals surface area (Å²) in [4.78, 5) is 41.6. The van der Waals surface area contributed by atoms with E-state index in [1.165, 1.54) is 12.5 Å². The molecule has 29 heavy (non-hydrogen) atoms. The third-order valence-electron chi connectivity index (χ3n) is 7.38. The molecule has 1 saturated carbocycles. The summed E-state index contributed by atoms with van der Waals surface area (Å²) < 4.78 is 0. The van der Waals surface area contributed by atoms with E-state index in [9.17, 15) is 14.4 Å². The molecule has 3 amide bonds. The molecule has 0 unspecified atom stereocenters. The number of nitrogens with one attached hydrogen (secondary N) is 1. The molecule has 2 saturated heterocycles. The summed E-state index contributed by atoms with van der Waals surface area (Å²) in [7, 11) is 0. The summed E-state index contributed by atoms with van der Waals surface area (Å²) in [5.74, 6) is -0.119. The molecule has 2 aliphatic heterocycles. The van der Waals surface area contributed by atoms with E-state index < -0.39 is 0 Å². The fraction of sp³-hybridized carbons (Fsp3) is 0.609. The van der Waals surface area contributed by atoms with Crippen molar-refractivity contribution >= 4 is 17.7 Å². The molecule has 156 valence electrons. The van der Waals surface area contributed by atoms with Crippen LogP contribution in [0.2, 0.25) is 0 Å². The van der Waals surface area contributed by atoms with Gasteiger partial charge in [0, 0.05) is 31.3 Å². The maximum atomic E-state index is 13.2. The molecule has 2 heterocycles. The van der Waals surface area contributed by atoms with Gasteiger partial charge in [-0.1, -0.05) is 37.3 Å². The van der Waals surface area contributed by atoms with Crippen LogP contribution in [0.15, 0.2) is 30.3 Å². The SMILES string of the molecule is CC(=O)NCC(=O)N1[C@H]2CCC[C@H]3N(C(C)=O)[C@@H](Cc4ccccc4)[C@@H]1C[C@@]23C. The van der Waals surface area contributed by atoms with E-state index in [4.69, 9.17) is 0 Å². The van der Waals surface area contributed by atoms with Gasteiger partial charge in [0.25, 0.3) is 0 Å². The second kappa shape index (κ2) is 7.47. The number of benzene rings is 1. The van der Waals surface area contributed by atoms with Crippen molar-refractivity contribution in [3.63, 3.8) is 0 Å². The van der Waals surface area contributed by atoms with E-state index in [1.807, 2.05) is 23.1 Å². The second-order valence-electron chi connectivity index (χ2n) is 9.13. The number of carbonyl (C=O) groups excluding carboxylic acids is 3. The van der Waals surface area contributed by atoms with Gasteiger partial charge >= 0.3 is 0 Å². The van der Waals surface area contributed by atoms with E-state index >= 15 is 0 Å². The molecule has 1 aromatic rings. The Bertz CT molecular complexity index is 811. The summed E-state index contributed by atoms with van der Waals surface area (Å²) >= 11 is 0. The first-order chi connectivity index (χ1) is 13.8. The summed E-state index contributed by atoms with van der Waals surface area (Å²) in [6.45, 7) is 5.39. The van der Waals surface area contributed by atoms with Gasteiger partial charge in [-0.2, -0.15) is 0 Å². The van der Waals surface area contributed by atoms with Crippen molar-refractivity contribution in [1.82, 2.24) is 15.1 Å². The number of fused-ring (bicyclic) bond motifs is 1. The number of nitrogens with zero attached hydrogens (tertiary/aromatic N) is 2. The average molecular weight is 398 g/mol. The zero-order valence-electron chi connectivity index (χ0n) is 17.6. The van der Waals surface area contributed by atoms with Crippen molar-refractivity contribution in [2.75, 3.05) is 6.54 Å². The van der Waals surface area contributed by atoms with Gasteiger partial charge in [-0.05, 0) is 37.7 Å². The number of carbonyl (C=O) groups is 3. The first kappa shape index (κ1) is 19.9. The maximum absolute atomic E-state index is 13.2. The third kappa shape index (κ3) is 3.32. The van der Waals surface area contributed by atoms with E-state index in [-0.39, 0.29) is 53.8 Å². The molecule has 6 nitrogen and oxygen atoms in total. The molecule has 1 aliphatic carbocycles. The minimum atomic E-state index is -0.195. The predicted molar refractivity (Wildman–Crippen MR) is 110 cm³/mol. The lowest BCUT2D eigenvalue weighted by molar-refractivity contribution is -0.143. The Labute approximate surface area is 172 Å². The Balaban J connectivity index is 1.72. The zero-order chi connectivity index (χ0) is 20.8. The van der Waals surface area contributed by atoms with E-state index in [0.29, 0.717) is 0 Å². The number of hydrogen-bond donors (Lipinski definition) is 1. The van der Waals surface area contributed by atoms with Gasteiger partial charge in [0.05, 0.1) is 18.6 Å². The quantitative estimate of drug-likeness (QED) is 0.846. The van der Waals surface area contributed by atoms with E-state index in [0.717, 1.165) is 32.1 Å². The van der Waals surface area contributed by atoms with Crippen LogP contribution in [0.4, 0.5) is 0 Å². The van der Waals surface area contributed by atoms with Crippen molar-refractivity contribution in [3.05, 3.63) is 35.9 Å². The molecular weight excluding hydrogens is 366 g/mol. The van der Waals surface area contributed by atoms with Gasteiger partial charge in [0.2, 0.25) is 17.7 Å². The molecule has 2 bridgehead atoms. The zero-order valence-corrected chi connectivity index (χ0v) is 17.6. The Morgan fingerprint density at radius 3 is 2.34 bits per heavy atom. The minimum absolute atomic E-state index is 0.00952. The molecule has 1 N–H and O–H groups in total. The fourth-order valence-electron chi connectivity index (χ4n) is 6.28. The standard InChI is InChI=1S/C23H31N3O3/c1-15(27)24-14-22(29)26-19-13-23(3)20(10-7-11-21(23)26)25(16(2)28)18(19)12-17-8-5-4-6-9-17/h4-6,8-9,18-21H,7,10-14H2,1-3H3,(H,24,27)/t18-,19-,20+,21-,23+/m0/s1. The fourth-order valence-corrected chi connectivity index (χ4v) is 6.28. The summed E-state index contributed by atoms with van der Waals surface area (Å²) in [5.41, 5.74) is 1.11. The molecule has 0 aromatic heterocycles. The topological polar surface area (TPSA) is 69.7 Å². The van der Waals surface area contributed by atoms with Crippen molar-refractivity contribution in [2.24, 2.45) is 5.41 Å². The first-order valence-electron chi connectivity index (χ1n) is 10.7. The van der Waals surface area contributed by atoms with Crippen LogP contribution in [0.25, 0.3) is 0 Å². The van der Waals surface area contributed by atoms with Crippen LogP contribution < -0.4 is 5.32 Å². The second-order valence-corrected chi connectivity index (χ2v) is 9.13. The third-order valence-corrected chi connectivity index (χ3v) is 7.38. The predicted octanol–water partition coefficient (Wildman–Crippen LogP) is 2.12. The largest absolute Gasteiger partial charge is 0.347 e. The lowest BCUT2D eigenvalue weighted by Gasteiger charge is -2.52. The number of amides is 3. The summed E-state index contributed by atoms with van der Waals surface area (Å²) in [6.07, 6.45) is 4.66.